The van der Waals surface area contributed by atoms with Gasteiger partial charge in [0.15, 0.2) is 0 Å². The van der Waals surface area contributed by atoms with E-state index in [1.54, 1.807) is 7.11 Å². The van der Waals surface area contributed by atoms with E-state index in [2.05, 4.69) is 23.6 Å². The number of carbonyl (C=O) groups excluding carboxylic acids is 1. The zero-order valence-corrected chi connectivity index (χ0v) is 16.3. The van der Waals surface area contributed by atoms with Crippen LogP contribution in [-0.4, -0.2) is 67.2 Å². The Morgan fingerprint density at radius 2 is 1.88 bits per heavy atom. The van der Waals surface area contributed by atoms with Gasteiger partial charge < -0.3 is 14.4 Å². The van der Waals surface area contributed by atoms with Crippen molar-refractivity contribution < 1.29 is 14.3 Å². The van der Waals surface area contributed by atoms with Gasteiger partial charge >= 0.3 is 0 Å². The van der Waals surface area contributed by atoms with Crippen LogP contribution in [0.15, 0.2) is 24.3 Å². The molecule has 1 aromatic carbocycles. The van der Waals surface area contributed by atoms with Gasteiger partial charge in [-0.15, -0.1) is 0 Å². The molecule has 0 saturated carbocycles. The van der Waals surface area contributed by atoms with Crippen molar-refractivity contribution in [2.24, 2.45) is 0 Å². The van der Waals surface area contributed by atoms with Gasteiger partial charge in [0.25, 0.3) is 0 Å². The number of amides is 1. The fourth-order valence-corrected chi connectivity index (χ4v) is 4.27. The molecule has 0 aromatic heterocycles. The number of likely N-dealkylation sites (tertiary alicyclic amines) is 1. The van der Waals surface area contributed by atoms with Gasteiger partial charge in [0.05, 0.1) is 19.3 Å². The van der Waals surface area contributed by atoms with Gasteiger partial charge in [0.2, 0.25) is 5.91 Å². The fraction of sp³-hybridized carbons (Fsp3) is 0.667. The number of benzene rings is 1. The summed E-state index contributed by atoms with van der Waals surface area (Å²) in [6, 6.07) is 8.36. The van der Waals surface area contributed by atoms with Crippen molar-refractivity contribution in [2.75, 3.05) is 33.3 Å². The summed E-state index contributed by atoms with van der Waals surface area (Å²) in [7, 11) is 1.67. The average molecular weight is 360 g/mol. The Hall–Kier alpha value is -1.59. The summed E-state index contributed by atoms with van der Waals surface area (Å²) in [6.07, 6.45) is 4.16. The average Bonchev–Trinajstić information content (AvgIpc) is 3.07. The van der Waals surface area contributed by atoms with Crippen molar-refractivity contribution in [1.82, 2.24) is 9.80 Å². The topological polar surface area (TPSA) is 42.0 Å². The number of nitrogens with zero attached hydrogens (tertiary/aromatic N) is 2. The predicted octanol–water partition coefficient (Wildman–Crippen LogP) is 2.73. The van der Waals surface area contributed by atoms with Crippen LogP contribution in [0.4, 0.5) is 0 Å². The lowest BCUT2D eigenvalue weighted by Crippen LogP contribution is -2.50. The molecule has 2 heterocycles. The van der Waals surface area contributed by atoms with Crippen molar-refractivity contribution in [3.05, 3.63) is 29.8 Å². The number of carbonyl (C=O) groups is 1. The molecule has 0 spiro atoms. The van der Waals surface area contributed by atoms with E-state index in [1.807, 2.05) is 24.3 Å². The number of ether oxygens (including phenoxy) is 2. The molecule has 26 heavy (non-hydrogen) atoms. The molecule has 5 heteroatoms. The second-order valence-electron chi connectivity index (χ2n) is 7.71. The van der Waals surface area contributed by atoms with Crippen LogP contribution >= 0.6 is 0 Å². The Morgan fingerprint density at radius 1 is 1.19 bits per heavy atom. The summed E-state index contributed by atoms with van der Waals surface area (Å²) in [4.78, 5) is 17.4. The smallest absolute Gasteiger partial charge is 0.223 e. The minimum Gasteiger partial charge on any atom is -0.497 e. The molecular formula is C21H32N2O3. The first-order valence-corrected chi connectivity index (χ1v) is 9.85. The lowest BCUT2D eigenvalue weighted by Gasteiger charge is -2.38. The molecule has 0 aliphatic carbocycles. The van der Waals surface area contributed by atoms with E-state index in [9.17, 15) is 4.79 Å². The Labute approximate surface area is 157 Å². The van der Waals surface area contributed by atoms with E-state index >= 15 is 0 Å². The van der Waals surface area contributed by atoms with Gasteiger partial charge in [0.1, 0.15) is 5.75 Å². The highest BCUT2D eigenvalue weighted by Crippen LogP contribution is 2.22. The molecule has 2 fully saturated rings. The van der Waals surface area contributed by atoms with Crippen molar-refractivity contribution in [3.63, 3.8) is 0 Å². The third-order valence-electron chi connectivity index (χ3n) is 5.45. The lowest BCUT2D eigenvalue weighted by atomic mass is 10.1. The Balaban J connectivity index is 1.51. The summed E-state index contributed by atoms with van der Waals surface area (Å²) >= 11 is 0. The van der Waals surface area contributed by atoms with E-state index in [0.29, 0.717) is 12.5 Å². The Bertz CT molecular complexity index is 579. The highest BCUT2D eigenvalue weighted by Gasteiger charge is 2.32. The maximum absolute atomic E-state index is 12.8. The first kappa shape index (κ1) is 19.2. The number of methoxy groups -OCH3 is 1. The van der Waals surface area contributed by atoms with E-state index in [-0.39, 0.29) is 18.1 Å². The molecule has 3 rings (SSSR count). The first-order chi connectivity index (χ1) is 12.5. The van der Waals surface area contributed by atoms with Crippen molar-refractivity contribution in [3.8, 4) is 5.75 Å². The minimum atomic E-state index is 0.277. The lowest BCUT2D eigenvalue weighted by molar-refractivity contribution is -0.133. The van der Waals surface area contributed by atoms with Gasteiger partial charge in [-0.1, -0.05) is 12.1 Å². The van der Waals surface area contributed by atoms with Crippen LogP contribution in [0.1, 0.15) is 38.7 Å². The largest absolute Gasteiger partial charge is 0.497 e. The SMILES string of the molecule is COc1ccc(CCC(=O)N2CCC[C@H]2CN2C[C@@H](C)O[C@@H](C)C2)cc1. The minimum absolute atomic E-state index is 0.277. The van der Waals surface area contributed by atoms with E-state index in [0.717, 1.165) is 51.2 Å². The van der Waals surface area contributed by atoms with Gasteiger partial charge in [-0.25, -0.2) is 0 Å². The zero-order valence-electron chi connectivity index (χ0n) is 16.3. The molecule has 0 radical (unpaired) electrons. The Kier molecular flexibility index (Phi) is 6.54. The summed E-state index contributed by atoms with van der Waals surface area (Å²) in [5, 5.41) is 0. The molecule has 3 atom stereocenters. The number of aryl methyl sites for hydroxylation is 1. The maximum atomic E-state index is 12.8. The monoisotopic (exact) mass is 360 g/mol. The third kappa shape index (κ3) is 4.98. The van der Waals surface area contributed by atoms with Crippen LogP contribution < -0.4 is 4.74 Å². The molecule has 2 aliphatic rings. The van der Waals surface area contributed by atoms with Gasteiger partial charge in [-0.05, 0) is 50.8 Å². The van der Waals surface area contributed by atoms with Crippen LogP contribution in [0.3, 0.4) is 0 Å². The van der Waals surface area contributed by atoms with Crippen LogP contribution in [0, 0.1) is 0 Å². The van der Waals surface area contributed by atoms with Gasteiger partial charge in [-0.2, -0.15) is 0 Å². The van der Waals surface area contributed by atoms with E-state index in [1.165, 1.54) is 5.56 Å². The zero-order chi connectivity index (χ0) is 18.5. The summed E-state index contributed by atoms with van der Waals surface area (Å²) in [5.74, 6) is 1.14. The van der Waals surface area contributed by atoms with Crippen molar-refractivity contribution in [1.29, 1.82) is 0 Å². The molecular weight excluding hydrogens is 328 g/mol. The van der Waals surface area contributed by atoms with Crippen LogP contribution in [0.25, 0.3) is 0 Å². The summed E-state index contributed by atoms with van der Waals surface area (Å²) in [6.45, 7) is 8.08. The van der Waals surface area contributed by atoms with Crippen molar-refractivity contribution in [2.45, 2.75) is 57.8 Å². The number of hydrogen-bond donors (Lipinski definition) is 0. The summed E-state index contributed by atoms with van der Waals surface area (Å²) < 4.78 is 11.0. The van der Waals surface area contributed by atoms with Crippen LogP contribution in [0.2, 0.25) is 0 Å². The van der Waals surface area contributed by atoms with Crippen molar-refractivity contribution >= 4 is 5.91 Å². The second-order valence-corrected chi connectivity index (χ2v) is 7.71. The Morgan fingerprint density at radius 3 is 2.54 bits per heavy atom. The van der Waals surface area contributed by atoms with E-state index < -0.39 is 0 Å². The maximum Gasteiger partial charge on any atom is 0.223 e. The standard InChI is InChI=1S/C21H32N2O3/c1-16-13-22(14-17(2)26-16)15-19-5-4-12-23(19)21(24)11-8-18-6-9-20(25-3)10-7-18/h6-7,9-10,16-17,19H,4-5,8,11-15H2,1-3H3/t16-,17+,19-/m0/s1. The normalized spacial score (nSPS) is 26.9. The predicted molar refractivity (Wildman–Crippen MR) is 102 cm³/mol. The van der Waals surface area contributed by atoms with E-state index in [4.69, 9.17) is 9.47 Å². The number of rotatable bonds is 6. The fourth-order valence-electron chi connectivity index (χ4n) is 4.27. The number of hydrogen-bond acceptors (Lipinski definition) is 4. The highest BCUT2D eigenvalue weighted by atomic mass is 16.5. The third-order valence-corrected chi connectivity index (χ3v) is 5.45. The quantitative estimate of drug-likeness (QED) is 0.782. The molecule has 0 unspecified atom stereocenters. The van der Waals surface area contributed by atoms with Crippen LogP contribution in [-0.2, 0) is 16.0 Å². The molecule has 144 valence electrons. The summed E-state index contributed by atoms with van der Waals surface area (Å²) in [5.41, 5.74) is 1.19. The first-order valence-electron chi connectivity index (χ1n) is 9.85. The molecule has 2 saturated heterocycles. The van der Waals surface area contributed by atoms with Crippen LogP contribution in [0.5, 0.6) is 5.75 Å². The van der Waals surface area contributed by atoms with Gasteiger partial charge in [-0.3, -0.25) is 9.69 Å². The molecule has 0 bridgehead atoms. The van der Waals surface area contributed by atoms with Gasteiger partial charge in [0, 0.05) is 38.6 Å². The molecule has 1 aromatic rings. The second kappa shape index (κ2) is 8.87. The molecule has 5 nitrogen and oxygen atoms in total. The number of morpholine rings is 1. The molecule has 1 amide bonds. The molecule has 2 aliphatic heterocycles. The molecule has 0 N–H and O–H groups in total. The highest BCUT2D eigenvalue weighted by molar-refractivity contribution is 5.77.